The fourth-order valence-corrected chi connectivity index (χ4v) is 4.90. The first-order valence-electron chi connectivity index (χ1n) is 13.6. The van der Waals surface area contributed by atoms with Crippen molar-refractivity contribution in [1.82, 2.24) is 24.7 Å². The number of carbonyl (C=O) groups is 1. The Morgan fingerprint density at radius 2 is 1.74 bits per heavy atom. The van der Waals surface area contributed by atoms with Gasteiger partial charge in [-0.2, -0.15) is 13.2 Å². The number of aromatic amines is 1. The standard InChI is InChI=1S/C32H27F3N6O2/c33-32(34,35)24-8-4-7-22(15-24)23-9-10-26-27(16-23)39-31(38-26)40-30(43)28-18-41-12-11-21(14-29(41)37-28)17-36-25(19-42)13-20-5-2-1-3-6-20/h1-12,14-16,18,25,36,42H,13,17,19H2,(H2,38,39,40,43). The van der Waals surface area contributed by atoms with Crippen molar-refractivity contribution >= 4 is 28.5 Å². The number of nitrogens with zero attached hydrogens (tertiary/aromatic N) is 3. The van der Waals surface area contributed by atoms with Gasteiger partial charge in [0.15, 0.2) is 0 Å². The molecule has 11 heteroatoms. The first-order valence-corrected chi connectivity index (χ1v) is 13.6. The monoisotopic (exact) mass is 584 g/mol. The Morgan fingerprint density at radius 1 is 0.930 bits per heavy atom. The Balaban J connectivity index is 1.13. The number of hydrogen-bond acceptors (Lipinski definition) is 5. The number of imidazole rings is 2. The van der Waals surface area contributed by atoms with Gasteiger partial charge in [0.25, 0.3) is 5.91 Å². The van der Waals surface area contributed by atoms with Crippen LogP contribution in [0.4, 0.5) is 19.1 Å². The van der Waals surface area contributed by atoms with Crippen molar-refractivity contribution in [3.63, 3.8) is 0 Å². The van der Waals surface area contributed by atoms with E-state index < -0.39 is 17.6 Å². The third-order valence-corrected chi connectivity index (χ3v) is 7.13. The van der Waals surface area contributed by atoms with Gasteiger partial charge in [0.05, 0.1) is 23.2 Å². The van der Waals surface area contributed by atoms with Crippen LogP contribution >= 0.6 is 0 Å². The summed E-state index contributed by atoms with van der Waals surface area (Å²) < 4.78 is 41.2. The lowest BCUT2D eigenvalue weighted by Gasteiger charge is -2.16. The Labute approximate surface area is 244 Å². The molecule has 8 nitrogen and oxygen atoms in total. The lowest BCUT2D eigenvalue weighted by molar-refractivity contribution is -0.137. The molecular formula is C32H27F3N6O2. The number of pyridine rings is 1. The number of H-pyrrole nitrogens is 1. The van der Waals surface area contributed by atoms with Crippen molar-refractivity contribution in [3.05, 3.63) is 120 Å². The van der Waals surface area contributed by atoms with Gasteiger partial charge >= 0.3 is 6.18 Å². The van der Waals surface area contributed by atoms with Crippen LogP contribution in [0.25, 0.3) is 27.8 Å². The zero-order valence-electron chi connectivity index (χ0n) is 22.8. The number of fused-ring (bicyclic) bond motifs is 2. The molecule has 0 bridgehead atoms. The summed E-state index contributed by atoms with van der Waals surface area (Å²) in [4.78, 5) is 24.9. The molecule has 6 rings (SSSR count). The van der Waals surface area contributed by atoms with Crippen LogP contribution in [0.1, 0.15) is 27.2 Å². The summed E-state index contributed by atoms with van der Waals surface area (Å²) >= 11 is 0. The van der Waals surface area contributed by atoms with Crippen LogP contribution in [0.15, 0.2) is 97.3 Å². The van der Waals surface area contributed by atoms with Crippen LogP contribution in [-0.4, -0.2) is 43.0 Å². The van der Waals surface area contributed by atoms with Gasteiger partial charge in [-0.15, -0.1) is 0 Å². The fourth-order valence-electron chi connectivity index (χ4n) is 4.90. The number of nitrogens with one attached hydrogen (secondary N) is 3. The molecule has 1 unspecified atom stereocenters. The van der Waals surface area contributed by atoms with E-state index >= 15 is 0 Å². The number of hydrogen-bond donors (Lipinski definition) is 4. The van der Waals surface area contributed by atoms with Gasteiger partial charge < -0.3 is 19.8 Å². The summed E-state index contributed by atoms with van der Waals surface area (Å²) in [5.41, 5.74) is 4.24. The van der Waals surface area contributed by atoms with Crippen LogP contribution in [-0.2, 0) is 19.1 Å². The van der Waals surface area contributed by atoms with E-state index in [1.54, 1.807) is 34.9 Å². The first-order chi connectivity index (χ1) is 20.7. The number of rotatable bonds is 9. The molecule has 0 aliphatic heterocycles. The van der Waals surface area contributed by atoms with E-state index in [1.807, 2.05) is 48.7 Å². The molecule has 0 fully saturated rings. The number of carbonyl (C=O) groups excluding carboxylic acids is 1. The van der Waals surface area contributed by atoms with E-state index in [9.17, 15) is 23.1 Å². The van der Waals surface area contributed by atoms with E-state index in [1.165, 1.54) is 6.07 Å². The second-order valence-electron chi connectivity index (χ2n) is 10.2. The molecule has 0 saturated heterocycles. The number of amides is 1. The largest absolute Gasteiger partial charge is 0.416 e. The van der Waals surface area contributed by atoms with Gasteiger partial charge in [0, 0.05) is 25.0 Å². The summed E-state index contributed by atoms with van der Waals surface area (Å²) in [7, 11) is 0. The van der Waals surface area contributed by atoms with Crippen molar-refractivity contribution in [3.8, 4) is 11.1 Å². The summed E-state index contributed by atoms with van der Waals surface area (Å²) in [6, 6.07) is 23.8. The number of halogens is 3. The minimum Gasteiger partial charge on any atom is -0.395 e. The second kappa shape index (κ2) is 11.7. The SMILES string of the molecule is O=C(Nc1nc2ccc(-c3cccc(C(F)(F)F)c3)cc2[nH]1)c1cn2ccc(CNC(CO)Cc3ccccc3)cc2n1. The van der Waals surface area contributed by atoms with Crippen LogP contribution in [0, 0.1) is 0 Å². The average Bonchev–Trinajstić information content (AvgIpc) is 3.62. The fraction of sp³-hybridized carbons (Fsp3) is 0.156. The minimum absolute atomic E-state index is 0.000811. The van der Waals surface area contributed by atoms with E-state index in [-0.39, 0.29) is 24.3 Å². The summed E-state index contributed by atoms with van der Waals surface area (Å²) in [6.07, 6.45) is -0.310. The molecule has 4 N–H and O–H groups in total. The van der Waals surface area contributed by atoms with Gasteiger partial charge in [-0.3, -0.25) is 10.1 Å². The Hall–Kier alpha value is -5.00. The van der Waals surface area contributed by atoms with Crippen LogP contribution < -0.4 is 10.6 Å². The van der Waals surface area contributed by atoms with Crippen LogP contribution in [0.5, 0.6) is 0 Å². The van der Waals surface area contributed by atoms with E-state index in [0.717, 1.165) is 23.3 Å². The molecule has 0 spiro atoms. The Bertz CT molecular complexity index is 1900. The molecule has 1 atom stereocenters. The van der Waals surface area contributed by atoms with Gasteiger partial charge in [-0.25, -0.2) is 9.97 Å². The topological polar surface area (TPSA) is 107 Å². The normalized spacial score (nSPS) is 12.6. The Kier molecular flexibility index (Phi) is 7.66. The van der Waals surface area contributed by atoms with Crippen LogP contribution in [0.3, 0.4) is 0 Å². The van der Waals surface area contributed by atoms with E-state index in [0.29, 0.717) is 40.8 Å². The first kappa shape index (κ1) is 28.1. The minimum atomic E-state index is -4.44. The predicted octanol–water partition coefficient (Wildman–Crippen LogP) is 5.84. The molecule has 218 valence electrons. The van der Waals surface area contributed by atoms with Gasteiger partial charge in [0.1, 0.15) is 11.3 Å². The number of aliphatic hydroxyl groups is 1. The maximum absolute atomic E-state index is 13.2. The smallest absolute Gasteiger partial charge is 0.395 e. The number of alkyl halides is 3. The van der Waals surface area contributed by atoms with Crippen molar-refractivity contribution < 1.29 is 23.1 Å². The van der Waals surface area contributed by atoms with Gasteiger partial charge in [0.2, 0.25) is 5.95 Å². The van der Waals surface area contributed by atoms with E-state index in [4.69, 9.17) is 0 Å². The predicted molar refractivity (Wildman–Crippen MR) is 158 cm³/mol. The third-order valence-electron chi connectivity index (χ3n) is 7.13. The molecule has 3 heterocycles. The van der Waals surface area contributed by atoms with Gasteiger partial charge in [-0.1, -0.05) is 48.5 Å². The highest BCUT2D eigenvalue weighted by Crippen LogP contribution is 2.33. The summed E-state index contributed by atoms with van der Waals surface area (Å²) in [5.74, 6) is -0.277. The van der Waals surface area contributed by atoms with Crippen molar-refractivity contribution in [2.45, 2.75) is 25.2 Å². The maximum Gasteiger partial charge on any atom is 0.416 e. The zero-order valence-corrected chi connectivity index (χ0v) is 22.8. The number of aliphatic hydroxyl groups excluding tert-OH is 1. The Morgan fingerprint density at radius 3 is 2.53 bits per heavy atom. The zero-order chi connectivity index (χ0) is 30.0. The molecule has 0 saturated carbocycles. The van der Waals surface area contributed by atoms with Crippen molar-refractivity contribution in [2.24, 2.45) is 0 Å². The lowest BCUT2D eigenvalue weighted by atomic mass is 10.0. The average molecular weight is 585 g/mol. The summed E-state index contributed by atoms with van der Waals surface area (Å²) in [6.45, 7) is 0.517. The molecule has 43 heavy (non-hydrogen) atoms. The maximum atomic E-state index is 13.2. The molecule has 0 aliphatic carbocycles. The highest BCUT2D eigenvalue weighted by molar-refractivity contribution is 6.03. The molecule has 3 aromatic carbocycles. The molecule has 1 amide bonds. The second-order valence-corrected chi connectivity index (χ2v) is 10.2. The molecule has 0 aliphatic rings. The van der Waals surface area contributed by atoms with Crippen molar-refractivity contribution in [2.75, 3.05) is 11.9 Å². The number of benzene rings is 3. The summed E-state index contributed by atoms with van der Waals surface area (Å²) in [5, 5.41) is 15.9. The highest BCUT2D eigenvalue weighted by Gasteiger charge is 2.30. The van der Waals surface area contributed by atoms with Crippen molar-refractivity contribution in [1.29, 1.82) is 0 Å². The molecular weight excluding hydrogens is 557 g/mol. The highest BCUT2D eigenvalue weighted by atomic mass is 19.4. The third kappa shape index (κ3) is 6.42. The molecule has 6 aromatic rings. The van der Waals surface area contributed by atoms with Gasteiger partial charge in [-0.05, 0) is 65.1 Å². The number of aromatic nitrogens is 4. The number of anilines is 1. The quantitative estimate of drug-likeness (QED) is 0.171. The molecule has 0 radical (unpaired) electrons. The van der Waals surface area contributed by atoms with E-state index in [2.05, 4.69) is 25.6 Å². The molecule has 3 aromatic heterocycles. The lowest BCUT2D eigenvalue weighted by Crippen LogP contribution is -2.34. The van der Waals surface area contributed by atoms with Crippen LogP contribution in [0.2, 0.25) is 0 Å².